The monoisotopic (exact) mass is 358 g/mol. The lowest BCUT2D eigenvalue weighted by atomic mass is 9.98. The molecule has 134 valence electrons. The van der Waals surface area contributed by atoms with Crippen molar-refractivity contribution in [2.45, 2.75) is 54.8 Å². The highest BCUT2D eigenvalue weighted by Gasteiger charge is 2.45. The number of nitrogens with zero attached hydrogens (tertiary/aromatic N) is 1. The second-order valence-corrected chi connectivity index (χ2v) is 6.78. The number of hydrogen-bond acceptors (Lipinski definition) is 8. The van der Waals surface area contributed by atoms with Crippen molar-refractivity contribution in [1.82, 2.24) is 10.3 Å². The fourth-order valence-corrected chi connectivity index (χ4v) is 3.47. The minimum Gasteiger partial charge on any atom is -0.394 e. The van der Waals surface area contributed by atoms with Crippen LogP contribution in [0.4, 0.5) is 0 Å². The first-order valence-electron chi connectivity index (χ1n) is 7.53. The van der Waals surface area contributed by atoms with Gasteiger partial charge in [-0.25, -0.2) is 4.98 Å². The Morgan fingerprint density at radius 2 is 2.12 bits per heavy atom. The molecule has 1 unspecified atom stereocenters. The molecule has 1 aromatic rings. The molecule has 1 aromatic heterocycles. The number of carbonyl (C=O) groups excluding carboxylic acids is 1. The molecule has 5 N–H and O–H groups in total. The third-order valence-electron chi connectivity index (χ3n) is 3.73. The van der Waals surface area contributed by atoms with Crippen molar-refractivity contribution < 1.29 is 30.0 Å². The molecule has 0 bridgehead atoms. The van der Waals surface area contributed by atoms with Gasteiger partial charge in [-0.3, -0.25) is 4.79 Å². The van der Waals surface area contributed by atoms with Crippen LogP contribution in [0.25, 0.3) is 0 Å². The summed E-state index contributed by atoms with van der Waals surface area (Å²) < 4.78 is 5.61. The normalized spacial score (nSPS) is 31.5. The number of aromatic nitrogens is 1. The van der Waals surface area contributed by atoms with Crippen LogP contribution in [0.15, 0.2) is 23.4 Å². The predicted octanol–water partition coefficient (Wildman–Crippen LogP) is -0.829. The third-order valence-corrected chi connectivity index (χ3v) is 4.85. The first-order chi connectivity index (χ1) is 11.3. The molecule has 1 aliphatic heterocycles. The van der Waals surface area contributed by atoms with Gasteiger partial charge in [0.25, 0.3) is 0 Å². The molecule has 2 heterocycles. The zero-order chi connectivity index (χ0) is 17.9. The maximum Gasteiger partial charge on any atom is 0.217 e. The fourth-order valence-electron chi connectivity index (χ4n) is 2.40. The van der Waals surface area contributed by atoms with Gasteiger partial charge in [0.1, 0.15) is 23.7 Å². The molecule has 0 aromatic carbocycles. The number of thioether (sulfide) groups is 1. The van der Waals surface area contributed by atoms with Gasteiger partial charge in [-0.2, -0.15) is 0 Å². The van der Waals surface area contributed by atoms with Crippen LogP contribution in [0, 0.1) is 0 Å². The van der Waals surface area contributed by atoms with Gasteiger partial charge in [0.05, 0.1) is 23.8 Å². The number of nitrogens with one attached hydrogen (secondary N) is 1. The summed E-state index contributed by atoms with van der Waals surface area (Å²) in [4.78, 5) is 15.6. The molecule has 2 rings (SSSR count). The number of hydrogen-bond donors (Lipinski definition) is 5. The highest BCUT2D eigenvalue weighted by atomic mass is 32.2. The maximum atomic E-state index is 11.4. The van der Waals surface area contributed by atoms with Crippen LogP contribution in [0.5, 0.6) is 0 Å². The Kier molecular flexibility index (Phi) is 6.55. The van der Waals surface area contributed by atoms with Crippen molar-refractivity contribution in [2.24, 2.45) is 0 Å². The van der Waals surface area contributed by atoms with Gasteiger partial charge < -0.3 is 30.5 Å². The number of amides is 1. The van der Waals surface area contributed by atoms with Crippen LogP contribution in [-0.2, 0) is 9.53 Å². The highest BCUT2D eigenvalue weighted by Crippen LogP contribution is 2.32. The van der Waals surface area contributed by atoms with Gasteiger partial charge in [-0.15, -0.1) is 0 Å². The molecule has 1 fully saturated rings. The first kappa shape index (κ1) is 19.1. The largest absolute Gasteiger partial charge is 0.394 e. The predicted molar refractivity (Wildman–Crippen MR) is 86.1 cm³/mol. The molecule has 1 aliphatic rings. The topological polar surface area (TPSA) is 132 Å². The summed E-state index contributed by atoms with van der Waals surface area (Å²) in [7, 11) is 0. The molecule has 0 saturated carbocycles. The van der Waals surface area contributed by atoms with Crippen LogP contribution in [0.3, 0.4) is 0 Å². The lowest BCUT2D eigenvalue weighted by Gasteiger charge is -2.42. The van der Waals surface area contributed by atoms with Crippen molar-refractivity contribution in [2.75, 3.05) is 6.61 Å². The number of carbonyl (C=O) groups is 1. The van der Waals surface area contributed by atoms with E-state index in [1.807, 2.05) is 0 Å². The van der Waals surface area contributed by atoms with Crippen molar-refractivity contribution in [1.29, 1.82) is 0 Å². The third kappa shape index (κ3) is 4.44. The molecular formula is C15H22N2O6S. The van der Waals surface area contributed by atoms with E-state index < -0.39 is 42.5 Å². The number of aliphatic hydroxyl groups excluding tert-OH is 4. The summed E-state index contributed by atoms with van der Waals surface area (Å²) in [5, 5.41) is 42.1. The van der Waals surface area contributed by atoms with Gasteiger partial charge >= 0.3 is 0 Å². The van der Waals surface area contributed by atoms with Gasteiger partial charge in [0, 0.05) is 13.1 Å². The summed E-state index contributed by atoms with van der Waals surface area (Å²) in [6, 6.07) is 2.54. The van der Waals surface area contributed by atoms with E-state index in [4.69, 9.17) is 4.74 Å². The zero-order valence-electron chi connectivity index (χ0n) is 13.4. The smallest absolute Gasteiger partial charge is 0.217 e. The number of pyridine rings is 1. The van der Waals surface area contributed by atoms with Gasteiger partial charge in [-0.05, 0) is 18.6 Å². The van der Waals surface area contributed by atoms with Crippen LogP contribution in [0.2, 0.25) is 0 Å². The molecule has 24 heavy (non-hydrogen) atoms. The summed E-state index contributed by atoms with van der Waals surface area (Å²) in [5.74, 6) is -0.375. The van der Waals surface area contributed by atoms with Crippen LogP contribution >= 0.6 is 11.8 Å². The summed E-state index contributed by atoms with van der Waals surface area (Å²) in [5.41, 5.74) is -0.0830. The van der Waals surface area contributed by atoms with Crippen LogP contribution in [-0.4, -0.2) is 67.7 Å². The Balaban J connectivity index is 2.17. The van der Waals surface area contributed by atoms with E-state index in [9.17, 15) is 25.2 Å². The Labute approximate surface area is 143 Å². The molecule has 8 nitrogen and oxygen atoms in total. The Morgan fingerprint density at radius 3 is 2.62 bits per heavy atom. The van der Waals surface area contributed by atoms with E-state index in [-0.39, 0.29) is 5.91 Å². The average molecular weight is 358 g/mol. The SMILES string of the molecule is CC(=O)N[C@@H]1[C@@H](O)[C@H](O)[C@@H](CO)O[C@H]1Sc1ccc(C(C)O)cn1. The average Bonchev–Trinajstić information content (AvgIpc) is 2.54. The first-order valence-corrected chi connectivity index (χ1v) is 8.41. The van der Waals surface area contributed by atoms with Crippen LogP contribution in [0.1, 0.15) is 25.5 Å². The van der Waals surface area contributed by atoms with Gasteiger partial charge in [-0.1, -0.05) is 17.8 Å². The van der Waals surface area contributed by atoms with Crippen LogP contribution < -0.4 is 5.32 Å². The minimum absolute atomic E-state index is 0.375. The van der Waals surface area contributed by atoms with E-state index >= 15 is 0 Å². The Hall–Kier alpha value is -1.23. The molecule has 0 radical (unpaired) electrons. The molecule has 0 spiro atoms. The van der Waals surface area contributed by atoms with Crippen molar-refractivity contribution in [3.8, 4) is 0 Å². The molecule has 0 aliphatic carbocycles. The van der Waals surface area contributed by atoms with E-state index in [1.165, 1.54) is 13.1 Å². The Morgan fingerprint density at radius 1 is 1.42 bits per heavy atom. The number of aliphatic hydroxyl groups is 4. The van der Waals surface area contributed by atoms with E-state index in [1.54, 1.807) is 19.1 Å². The van der Waals surface area contributed by atoms with Gasteiger partial charge in [0.15, 0.2) is 0 Å². The summed E-state index contributed by atoms with van der Waals surface area (Å²) in [6.07, 6.45) is -2.66. The standard InChI is InChI=1S/C15H22N2O6S/c1-7(19)9-3-4-11(16-5-9)24-15-12(17-8(2)20)14(22)13(21)10(6-18)23-15/h3-5,7,10,12-15,18-19,21-22H,6H2,1-2H3,(H,17,20)/t7?,10-,12-,13-,14-,15+/m1/s1. The molecule has 9 heteroatoms. The van der Waals surface area contributed by atoms with Crippen molar-refractivity contribution in [3.05, 3.63) is 23.9 Å². The molecular weight excluding hydrogens is 336 g/mol. The minimum atomic E-state index is -1.31. The molecule has 1 saturated heterocycles. The highest BCUT2D eigenvalue weighted by molar-refractivity contribution is 7.99. The van der Waals surface area contributed by atoms with E-state index in [0.29, 0.717) is 10.6 Å². The summed E-state index contributed by atoms with van der Waals surface area (Å²) in [6.45, 7) is 2.47. The summed E-state index contributed by atoms with van der Waals surface area (Å²) >= 11 is 1.15. The number of rotatable bonds is 5. The maximum absolute atomic E-state index is 11.4. The second kappa shape index (κ2) is 8.24. The molecule has 6 atom stereocenters. The second-order valence-electron chi connectivity index (χ2n) is 5.66. The van der Waals surface area contributed by atoms with Gasteiger partial charge in [0.2, 0.25) is 5.91 Å². The van der Waals surface area contributed by atoms with Crippen molar-refractivity contribution >= 4 is 17.7 Å². The number of ether oxygens (including phenoxy) is 1. The quantitative estimate of drug-likeness (QED) is 0.461. The van der Waals surface area contributed by atoms with E-state index in [0.717, 1.165) is 11.8 Å². The zero-order valence-corrected chi connectivity index (χ0v) is 14.2. The van der Waals surface area contributed by atoms with E-state index in [2.05, 4.69) is 10.3 Å². The lowest BCUT2D eigenvalue weighted by molar-refractivity contribution is -0.173. The Bertz CT molecular complexity index is 555. The van der Waals surface area contributed by atoms with Crippen molar-refractivity contribution in [3.63, 3.8) is 0 Å². The lowest BCUT2D eigenvalue weighted by Crippen LogP contribution is -2.63. The fraction of sp³-hybridized carbons (Fsp3) is 0.600. The molecule has 1 amide bonds.